The molecule has 2 aromatic carbocycles. The summed E-state index contributed by atoms with van der Waals surface area (Å²) in [7, 11) is 1.36. The van der Waals surface area contributed by atoms with E-state index in [-0.39, 0.29) is 72.0 Å². The number of rotatable bonds is 6. The van der Waals surface area contributed by atoms with Crippen molar-refractivity contribution in [3.63, 3.8) is 0 Å². The predicted molar refractivity (Wildman–Crippen MR) is 256 cm³/mol. The Bertz CT molecular complexity index is 2060. The summed E-state index contributed by atoms with van der Waals surface area (Å²) in [6.07, 6.45) is 6.79. The van der Waals surface area contributed by atoms with Gasteiger partial charge < -0.3 is 30.3 Å². The van der Waals surface area contributed by atoms with E-state index in [4.69, 9.17) is 14.2 Å². The molecule has 17 heteroatoms. The molecule has 0 aromatic heterocycles. The molecule has 6 atom stereocenters. The van der Waals surface area contributed by atoms with Crippen molar-refractivity contribution < 1.29 is 77.9 Å². The SMILES string of the molecule is C.CC(C)(C)OC(=O)N1C[C@@H](N2CCC3(CCC(=O)C3c3ccccc3)CC2)C[C@H]1C(=O)O.COC(=O)[C@@H]1C[C@H](N2CCC3(CCC(=O)C3c3ccccc3)CC2)CN1C(=O)OC(C)(C)C.O.[Li+].[OH-]. The summed E-state index contributed by atoms with van der Waals surface area (Å²) < 4.78 is 16.0. The van der Waals surface area contributed by atoms with Crippen LogP contribution in [0.3, 0.4) is 0 Å². The number of carbonyl (C=O) groups is 6. The molecule has 4 N–H and O–H groups in total. The van der Waals surface area contributed by atoms with Gasteiger partial charge in [0.2, 0.25) is 0 Å². The molecule has 2 aliphatic carbocycles. The van der Waals surface area contributed by atoms with E-state index in [1.165, 1.54) is 16.9 Å². The molecule has 6 aliphatic rings. The summed E-state index contributed by atoms with van der Waals surface area (Å²) in [5, 5.41) is 9.70. The molecule has 2 saturated carbocycles. The van der Waals surface area contributed by atoms with Crippen LogP contribution in [0.5, 0.6) is 0 Å². The zero-order chi connectivity index (χ0) is 46.9. The number of ketones is 2. The van der Waals surface area contributed by atoms with Crippen molar-refractivity contribution in [2.45, 2.75) is 160 Å². The largest absolute Gasteiger partial charge is 1.00 e. The molecule has 69 heavy (non-hydrogen) atoms. The summed E-state index contributed by atoms with van der Waals surface area (Å²) in [5.74, 6) is -0.755. The molecular formula is C52H77LiN4O12. The van der Waals surface area contributed by atoms with Crippen molar-refractivity contribution >= 4 is 35.7 Å². The van der Waals surface area contributed by atoms with E-state index in [9.17, 15) is 33.9 Å². The minimum atomic E-state index is -0.989. The Kier molecular flexibility index (Phi) is 20.3. The quantitative estimate of drug-likeness (QED) is 0.245. The van der Waals surface area contributed by atoms with Crippen LogP contribution < -0.4 is 18.9 Å². The first kappa shape index (κ1) is 59.0. The van der Waals surface area contributed by atoms with Crippen LogP contribution in [0.4, 0.5) is 9.59 Å². The summed E-state index contributed by atoms with van der Waals surface area (Å²) >= 11 is 0. The standard InChI is InChI=1S/C26H36N2O5.C25H34N2O5.CH4.Li.2H2O/c1-25(2,3)33-24(31)28-17-19(16-20(28)23(30)32-4)27-14-12-26(13-15-27)11-10-21(29)22(26)18-8-6-5-7-9-18;1-24(2,3)32-23(31)27-16-18(15-19(27)22(29)30)26-13-11-25(12-14-26)10-9-20(28)21(25)17-7-5-4-6-8-17;;;;/h5-9,19-20,22H,10-17H2,1-4H3;4-8,18-19,21H,9-16H2,1-3H3,(H,29,30);1H4;;2*1H2/q;;;+1;;/p-1/t19-,20-,22?;18-,19-,21?;;;;/m00..../s1. The number of methoxy groups -OCH3 is 1. The molecule has 4 saturated heterocycles. The number of benzene rings is 2. The van der Waals surface area contributed by atoms with E-state index >= 15 is 0 Å². The van der Waals surface area contributed by atoms with Crippen molar-refractivity contribution in [2.75, 3.05) is 46.4 Å². The summed E-state index contributed by atoms with van der Waals surface area (Å²) in [5.41, 5.74) is 0.957. The first-order chi connectivity index (χ1) is 30.7. The van der Waals surface area contributed by atoms with Gasteiger partial charge in [-0.05, 0) is 141 Å². The number of carboxylic acids is 1. The Morgan fingerprint density at radius 2 is 0.957 bits per heavy atom. The number of carboxylic acid groups (broad SMARTS) is 1. The molecule has 4 heterocycles. The number of ether oxygens (including phenoxy) is 3. The van der Waals surface area contributed by atoms with E-state index in [2.05, 4.69) is 34.1 Å². The van der Waals surface area contributed by atoms with Crippen LogP contribution in [0, 0.1) is 10.8 Å². The van der Waals surface area contributed by atoms with Gasteiger partial charge in [-0.15, -0.1) is 0 Å². The molecule has 2 amide bonds. The summed E-state index contributed by atoms with van der Waals surface area (Å²) in [4.78, 5) is 82.9. The molecule has 0 bridgehead atoms. The van der Waals surface area contributed by atoms with Crippen LogP contribution in [-0.4, -0.2) is 153 Å². The first-order valence-corrected chi connectivity index (χ1v) is 23.7. The molecule has 2 aromatic rings. The molecule has 6 fully saturated rings. The molecule has 378 valence electrons. The second-order valence-electron chi connectivity index (χ2n) is 21.4. The topological polar surface area (TPSA) is 225 Å². The van der Waals surface area contributed by atoms with Gasteiger partial charge in [-0.3, -0.25) is 29.2 Å². The van der Waals surface area contributed by atoms with Crippen LogP contribution in [0.2, 0.25) is 0 Å². The van der Waals surface area contributed by atoms with Gasteiger partial charge in [-0.1, -0.05) is 68.1 Å². The maximum absolute atomic E-state index is 12.8. The van der Waals surface area contributed by atoms with Crippen LogP contribution in [0.15, 0.2) is 60.7 Å². The number of piperidine rings is 2. The van der Waals surface area contributed by atoms with Crippen LogP contribution in [0.25, 0.3) is 0 Å². The van der Waals surface area contributed by atoms with Gasteiger partial charge in [0, 0.05) is 49.9 Å². The van der Waals surface area contributed by atoms with E-state index in [1.54, 1.807) is 20.8 Å². The number of hydrogen-bond donors (Lipinski definition) is 1. The predicted octanol–water partition coefficient (Wildman–Crippen LogP) is 4.08. The van der Waals surface area contributed by atoms with Crippen LogP contribution >= 0.6 is 0 Å². The third kappa shape index (κ3) is 13.2. The second-order valence-corrected chi connectivity index (χ2v) is 21.4. The fourth-order valence-electron chi connectivity index (χ4n) is 11.9. The molecule has 2 unspecified atom stereocenters. The van der Waals surface area contributed by atoms with Gasteiger partial charge in [-0.2, -0.15) is 0 Å². The smallest absolute Gasteiger partial charge is 0.870 e. The number of Topliss-reactive ketones (excluding diaryl/α,β-unsaturated/α-hetero) is 2. The Morgan fingerprint density at radius 1 is 0.609 bits per heavy atom. The Labute approximate surface area is 420 Å². The van der Waals surface area contributed by atoms with Crippen LogP contribution in [-0.2, 0) is 33.4 Å². The maximum Gasteiger partial charge on any atom is 1.00 e. The normalized spacial score (nSPS) is 26.4. The molecular weight excluding hydrogens is 880 g/mol. The number of hydrogen-bond acceptors (Lipinski definition) is 12. The van der Waals surface area contributed by atoms with Gasteiger partial charge in [0.05, 0.1) is 7.11 Å². The fraction of sp³-hybridized carbons (Fsp3) is 0.654. The monoisotopic (exact) mass is 957 g/mol. The van der Waals surface area contributed by atoms with Gasteiger partial charge in [0.15, 0.2) is 0 Å². The van der Waals surface area contributed by atoms with Gasteiger partial charge in [0.25, 0.3) is 0 Å². The zero-order valence-corrected chi connectivity index (χ0v) is 41.4. The zero-order valence-electron chi connectivity index (χ0n) is 41.4. The van der Waals surface area contributed by atoms with E-state index < -0.39 is 47.4 Å². The van der Waals surface area contributed by atoms with Gasteiger partial charge >= 0.3 is 43.0 Å². The van der Waals surface area contributed by atoms with E-state index in [0.717, 1.165) is 75.8 Å². The number of carbonyl (C=O) groups excluding carboxylic acids is 5. The van der Waals surface area contributed by atoms with Crippen molar-refractivity contribution in [1.29, 1.82) is 0 Å². The van der Waals surface area contributed by atoms with Crippen molar-refractivity contribution in [3.8, 4) is 0 Å². The molecule has 8 rings (SSSR count). The number of esters is 1. The molecule has 2 spiro atoms. The average molecular weight is 957 g/mol. The third-order valence-corrected chi connectivity index (χ3v) is 15.1. The van der Waals surface area contributed by atoms with Crippen molar-refractivity contribution in [1.82, 2.24) is 19.6 Å². The minimum Gasteiger partial charge on any atom is -0.870 e. The molecule has 4 aliphatic heterocycles. The summed E-state index contributed by atoms with van der Waals surface area (Å²) in [6.45, 7) is 15.0. The Morgan fingerprint density at radius 3 is 1.29 bits per heavy atom. The third-order valence-electron chi connectivity index (χ3n) is 15.1. The molecule has 16 nitrogen and oxygen atoms in total. The van der Waals surface area contributed by atoms with Crippen molar-refractivity contribution in [3.05, 3.63) is 71.8 Å². The average Bonchev–Trinajstić information content (AvgIpc) is 4.05. The van der Waals surface area contributed by atoms with E-state index in [1.807, 2.05) is 57.2 Å². The van der Waals surface area contributed by atoms with Gasteiger partial charge in [-0.25, -0.2) is 19.2 Å². The van der Waals surface area contributed by atoms with Gasteiger partial charge in [0.1, 0.15) is 34.9 Å². The molecule has 0 radical (unpaired) electrons. The Hall–Kier alpha value is -4.30. The first-order valence-electron chi connectivity index (χ1n) is 23.7. The maximum atomic E-state index is 12.8. The summed E-state index contributed by atoms with van der Waals surface area (Å²) in [6, 6.07) is 18.9. The van der Waals surface area contributed by atoms with Crippen molar-refractivity contribution in [2.24, 2.45) is 10.8 Å². The second kappa shape index (κ2) is 23.7. The number of nitrogens with zero attached hydrogens (tertiary/aromatic N) is 4. The fourth-order valence-corrected chi connectivity index (χ4v) is 11.9. The van der Waals surface area contributed by atoms with Crippen LogP contribution in [0.1, 0.15) is 136 Å². The minimum absolute atomic E-state index is 0. The number of amides is 2. The number of likely N-dealkylation sites (tertiary alicyclic amines) is 4. The Balaban J connectivity index is 0.000000345. The van der Waals surface area contributed by atoms with E-state index in [0.29, 0.717) is 50.3 Å². The number of aliphatic carboxylic acids is 1.